The molecule has 0 spiro atoms. The highest BCUT2D eigenvalue weighted by atomic mass is 32.1. The van der Waals surface area contributed by atoms with Gasteiger partial charge in [0, 0.05) is 26.6 Å². The number of fused-ring (bicyclic) bond motifs is 13. The largest absolute Gasteiger partial charge is 0.491 e. The fourth-order valence-electron chi connectivity index (χ4n) is 4.60. The van der Waals surface area contributed by atoms with Crippen molar-refractivity contribution in [2.75, 3.05) is 26.0 Å². The van der Waals surface area contributed by atoms with Crippen molar-refractivity contribution in [2.24, 2.45) is 0 Å². The van der Waals surface area contributed by atoms with Gasteiger partial charge in [0.25, 0.3) is 0 Å². The molecule has 0 saturated carbocycles. The van der Waals surface area contributed by atoms with Crippen LogP contribution in [-0.4, -0.2) is 66.0 Å². The first-order chi connectivity index (χ1) is 18.3. The molecule has 2 amide bonds. The average Bonchev–Trinajstić information content (AvgIpc) is 2.91. The summed E-state index contributed by atoms with van der Waals surface area (Å²) in [5.74, 6) is -0.437. The van der Waals surface area contributed by atoms with Gasteiger partial charge in [-0.1, -0.05) is 37.3 Å². The predicted octanol–water partition coefficient (Wildman–Crippen LogP) is 3.28. The Morgan fingerprint density at radius 2 is 2.00 bits per heavy atom. The Kier molecular flexibility index (Phi) is 11.9. The van der Waals surface area contributed by atoms with Gasteiger partial charge in [-0.15, -0.1) is 0 Å². The first kappa shape index (κ1) is 29.9. The summed E-state index contributed by atoms with van der Waals surface area (Å²) in [5, 5.41) is 17.3. The molecule has 0 aliphatic carbocycles. The molecule has 38 heavy (non-hydrogen) atoms. The first-order valence-electron chi connectivity index (χ1n) is 13.4. The number of carbonyl (C=O) groups excluding carboxylic acids is 2. The van der Waals surface area contributed by atoms with Crippen LogP contribution in [-0.2, 0) is 29.0 Å². The summed E-state index contributed by atoms with van der Waals surface area (Å²) in [5.41, 5.74) is 2.96. The molecule has 0 aromatic heterocycles. The molecule has 2 aromatic rings. The number of benzene rings is 2. The zero-order valence-corrected chi connectivity index (χ0v) is 23.2. The van der Waals surface area contributed by atoms with Crippen molar-refractivity contribution < 1.29 is 23.8 Å². The number of amides is 2. The van der Waals surface area contributed by atoms with Crippen molar-refractivity contribution in [2.45, 2.75) is 70.2 Å². The van der Waals surface area contributed by atoms with Crippen molar-refractivity contribution in [3.05, 3.63) is 65.0 Å². The summed E-state index contributed by atoms with van der Waals surface area (Å²) >= 11 is 4.29. The molecule has 208 valence electrons. The molecule has 0 radical (unpaired) electrons. The highest BCUT2D eigenvalue weighted by molar-refractivity contribution is 7.80. The van der Waals surface area contributed by atoms with Crippen LogP contribution in [0.5, 0.6) is 5.75 Å². The molecule has 2 aliphatic rings. The molecule has 2 aromatic carbocycles. The number of thiol groups is 1. The lowest BCUT2D eigenvalue weighted by molar-refractivity contribution is -0.139. The Balaban J connectivity index is 1.80. The van der Waals surface area contributed by atoms with E-state index in [4.69, 9.17) is 4.74 Å². The third-order valence-electron chi connectivity index (χ3n) is 6.93. The first-order valence-corrected chi connectivity index (χ1v) is 14.0. The van der Waals surface area contributed by atoms with Crippen LogP contribution >= 0.6 is 12.6 Å². The number of halogens is 1. The van der Waals surface area contributed by atoms with Crippen LogP contribution in [0.25, 0.3) is 0 Å². The number of aliphatic hydroxyl groups is 1. The van der Waals surface area contributed by atoms with Crippen molar-refractivity contribution in [3.8, 4) is 5.75 Å². The van der Waals surface area contributed by atoms with Gasteiger partial charge in [0.2, 0.25) is 11.8 Å². The third kappa shape index (κ3) is 8.71. The van der Waals surface area contributed by atoms with E-state index in [9.17, 15) is 19.1 Å². The lowest BCUT2D eigenvalue weighted by Crippen LogP contribution is -2.55. The second-order valence-electron chi connectivity index (χ2n) is 9.79. The molecule has 9 heteroatoms. The van der Waals surface area contributed by atoms with Gasteiger partial charge in [0.15, 0.2) is 11.6 Å². The van der Waals surface area contributed by atoms with Crippen molar-refractivity contribution in [1.82, 2.24) is 15.5 Å². The minimum absolute atomic E-state index is 0.148. The molecule has 4 rings (SSSR count). The van der Waals surface area contributed by atoms with E-state index in [-0.39, 0.29) is 37.0 Å². The Bertz CT molecular complexity index is 1070. The number of carbonyl (C=O) groups is 2. The molecule has 3 atom stereocenters. The SMILES string of the molecule is CCc1cccc(CNC[C@@H](O)[C@@H]2Cc3ccc(c(F)c3)OCCCCC(=O)N(C)C(CCS)C(=O)N2)c1. The van der Waals surface area contributed by atoms with E-state index in [0.29, 0.717) is 43.7 Å². The molecule has 0 fully saturated rings. The number of rotatable bonds is 8. The van der Waals surface area contributed by atoms with Gasteiger partial charge in [-0.3, -0.25) is 9.59 Å². The second-order valence-corrected chi connectivity index (χ2v) is 10.2. The molecular weight excluding hydrogens is 505 g/mol. The van der Waals surface area contributed by atoms with E-state index in [0.717, 1.165) is 12.0 Å². The molecule has 7 nitrogen and oxygen atoms in total. The number of nitrogens with zero attached hydrogens (tertiary/aromatic N) is 1. The van der Waals surface area contributed by atoms with Crippen LogP contribution in [0.2, 0.25) is 0 Å². The quantitative estimate of drug-likeness (QED) is 0.383. The summed E-state index contributed by atoms with van der Waals surface area (Å²) in [7, 11) is 1.63. The Hall–Kier alpha value is -2.62. The number of hydrogen-bond donors (Lipinski definition) is 4. The summed E-state index contributed by atoms with van der Waals surface area (Å²) in [6.45, 7) is 3.17. The lowest BCUT2D eigenvalue weighted by Gasteiger charge is -2.31. The number of hydrogen-bond acceptors (Lipinski definition) is 6. The lowest BCUT2D eigenvalue weighted by atomic mass is 9.99. The molecule has 1 unspecified atom stereocenters. The van der Waals surface area contributed by atoms with Gasteiger partial charge in [-0.2, -0.15) is 12.6 Å². The topological polar surface area (TPSA) is 90.9 Å². The minimum atomic E-state index is -0.955. The van der Waals surface area contributed by atoms with Gasteiger partial charge < -0.3 is 25.4 Å². The van der Waals surface area contributed by atoms with Gasteiger partial charge in [-0.25, -0.2) is 4.39 Å². The van der Waals surface area contributed by atoms with E-state index in [1.54, 1.807) is 19.2 Å². The van der Waals surface area contributed by atoms with Crippen molar-refractivity contribution >= 4 is 24.4 Å². The second kappa shape index (κ2) is 15.1. The molecule has 2 heterocycles. The van der Waals surface area contributed by atoms with E-state index in [1.165, 1.54) is 16.5 Å². The van der Waals surface area contributed by atoms with Crippen molar-refractivity contribution in [3.63, 3.8) is 0 Å². The third-order valence-corrected chi connectivity index (χ3v) is 7.19. The van der Waals surface area contributed by atoms with Crippen LogP contribution in [0.3, 0.4) is 0 Å². The van der Waals surface area contributed by atoms with Crippen molar-refractivity contribution in [1.29, 1.82) is 0 Å². The van der Waals surface area contributed by atoms with Gasteiger partial charge in [0.05, 0.1) is 18.8 Å². The number of likely N-dealkylation sites (N-methyl/N-ethyl adjacent to an activating group) is 1. The highest BCUT2D eigenvalue weighted by Crippen LogP contribution is 2.21. The van der Waals surface area contributed by atoms with Crippen LogP contribution < -0.4 is 15.4 Å². The molecule has 2 bridgehead atoms. The fraction of sp³-hybridized carbons (Fsp3) is 0.517. The summed E-state index contributed by atoms with van der Waals surface area (Å²) in [4.78, 5) is 27.6. The van der Waals surface area contributed by atoms with Gasteiger partial charge in [-0.05, 0) is 66.7 Å². The normalized spacial score (nSPS) is 20.2. The Labute approximate surface area is 230 Å². The number of nitrogens with one attached hydrogen (secondary N) is 2. The van der Waals surface area contributed by atoms with Gasteiger partial charge >= 0.3 is 0 Å². The fourth-order valence-corrected chi connectivity index (χ4v) is 4.85. The van der Waals surface area contributed by atoms with Crippen LogP contribution in [0.4, 0.5) is 4.39 Å². The van der Waals surface area contributed by atoms with E-state index in [2.05, 4.69) is 42.3 Å². The molecule has 3 N–H and O–H groups in total. The number of ether oxygens (including phenoxy) is 1. The summed E-state index contributed by atoms with van der Waals surface area (Å²) < 4.78 is 20.3. The summed E-state index contributed by atoms with van der Waals surface area (Å²) in [6.07, 6.45) is 1.98. The molecule has 2 aliphatic heterocycles. The number of aliphatic hydroxyl groups excluding tert-OH is 1. The standard InChI is InChI=1S/C29H40FN3O4S/c1-3-20-7-6-8-22(15-20)18-31-19-26(34)24-17-21-10-11-27(23(30)16-21)37-13-5-4-9-28(35)33(2)25(12-14-38)29(36)32-24/h6-8,10-11,15-16,24-26,31,34,38H,3-5,9,12-14,17-19H2,1-2H3,(H,32,36)/t24-,25?,26+/m0/s1. The summed E-state index contributed by atoms with van der Waals surface area (Å²) in [6, 6.07) is 11.5. The highest BCUT2D eigenvalue weighted by Gasteiger charge is 2.30. The number of aryl methyl sites for hydroxylation is 1. The van der Waals surface area contributed by atoms with Crippen LogP contribution in [0.1, 0.15) is 49.3 Å². The maximum absolute atomic E-state index is 14.7. The van der Waals surface area contributed by atoms with Crippen LogP contribution in [0.15, 0.2) is 42.5 Å². The predicted molar refractivity (Wildman–Crippen MR) is 150 cm³/mol. The maximum Gasteiger partial charge on any atom is 0.243 e. The van der Waals surface area contributed by atoms with E-state index in [1.807, 2.05) is 12.1 Å². The minimum Gasteiger partial charge on any atom is -0.491 e. The molecule has 0 saturated heterocycles. The van der Waals surface area contributed by atoms with E-state index >= 15 is 0 Å². The van der Waals surface area contributed by atoms with Gasteiger partial charge in [0.1, 0.15) is 6.04 Å². The molecular formula is C29H40FN3O4S. The maximum atomic E-state index is 14.7. The smallest absolute Gasteiger partial charge is 0.243 e. The average molecular weight is 546 g/mol. The van der Waals surface area contributed by atoms with E-state index < -0.39 is 24.0 Å². The monoisotopic (exact) mass is 545 g/mol. The zero-order valence-electron chi connectivity index (χ0n) is 22.3. The Morgan fingerprint density at radius 1 is 1.21 bits per heavy atom. The zero-order chi connectivity index (χ0) is 27.5. The van der Waals surface area contributed by atoms with Crippen LogP contribution in [0, 0.1) is 5.82 Å². The Morgan fingerprint density at radius 3 is 2.74 bits per heavy atom.